The molecule has 1 amide bonds. The van der Waals surface area contributed by atoms with Crippen LogP contribution in [0.5, 0.6) is 0 Å². The van der Waals surface area contributed by atoms with Crippen LogP contribution in [-0.4, -0.2) is 31.3 Å². The maximum atomic E-state index is 11.5. The molecule has 0 radical (unpaired) electrons. The molecule has 0 atom stereocenters. The quantitative estimate of drug-likeness (QED) is 0.663. The third-order valence-corrected chi connectivity index (χ3v) is 3.82. The number of methoxy groups -OCH3 is 1. The third-order valence-electron chi connectivity index (χ3n) is 2.15. The van der Waals surface area contributed by atoms with Crippen LogP contribution in [0.2, 0.25) is 0 Å². The second kappa shape index (κ2) is 7.43. The van der Waals surface area contributed by atoms with E-state index in [1.165, 1.54) is 18.9 Å². The first-order valence-corrected chi connectivity index (χ1v) is 7.03. The summed E-state index contributed by atoms with van der Waals surface area (Å²) >= 11 is 4.82. The summed E-state index contributed by atoms with van der Waals surface area (Å²) in [5, 5.41) is 2.49. The van der Waals surface area contributed by atoms with E-state index in [1.54, 1.807) is 0 Å². The number of halogens is 1. The summed E-state index contributed by atoms with van der Waals surface area (Å²) in [6.07, 6.45) is 0. The fraction of sp³-hybridized carbons (Fsp3) is 0.333. The number of hydrogen-bond acceptors (Lipinski definition) is 4. The number of hydrogen-bond donors (Lipinski definition) is 1. The number of benzene rings is 1. The van der Waals surface area contributed by atoms with Gasteiger partial charge in [-0.25, -0.2) is 0 Å². The van der Waals surface area contributed by atoms with Crippen molar-refractivity contribution in [2.24, 2.45) is 0 Å². The minimum Gasteiger partial charge on any atom is -0.468 e. The van der Waals surface area contributed by atoms with Crippen molar-refractivity contribution in [1.82, 2.24) is 5.32 Å². The molecule has 18 heavy (non-hydrogen) atoms. The molecule has 0 unspecified atom stereocenters. The van der Waals surface area contributed by atoms with Crippen LogP contribution in [-0.2, 0) is 14.3 Å². The van der Waals surface area contributed by atoms with Gasteiger partial charge in [-0.1, -0.05) is 15.9 Å². The van der Waals surface area contributed by atoms with Crippen molar-refractivity contribution in [3.8, 4) is 0 Å². The molecule has 0 aromatic heterocycles. The number of carbonyl (C=O) groups is 2. The van der Waals surface area contributed by atoms with Crippen LogP contribution >= 0.6 is 27.7 Å². The Morgan fingerprint density at radius 1 is 1.44 bits per heavy atom. The average Bonchev–Trinajstić information content (AvgIpc) is 2.34. The lowest BCUT2D eigenvalue weighted by Crippen LogP contribution is -2.31. The zero-order chi connectivity index (χ0) is 13.5. The Kier molecular flexibility index (Phi) is 6.21. The Labute approximate surface area is 119 Å². The van der Waals surface area contributed by atoms with E-state index in [-0.39, 0.29) is 18.2 Å². The predicted molar refractivity (Wildman–Crippen MR) is 74.6 cm³/mol. The first-order chi connectivity index (χ1) is 8.52. The molecule has 4 nitrogen and oxygen atoms in total. The second-order valence-corrected chi connectivity index (χ2v) is 5.48. The van der Waals surface area contributed by atoms with Gasteiger partial charge in [-0.2, -0.15) is 0 Å². The highest BCUT2D eigenvalue weighted by Gasteiger charge is 2.07. The van der Waals surface area contributed by atoms with Crippen molar-refractivity contribution < 1.29 is 14.3 Å². The van der Waals surface area contributed by atoms with E-state index in [2.05, 4.69) is 26.0 Å². The molecule has 0 saturated carbocycles. The lowest BCUT2D eigenvalue weighted by molar-refractivity contribution is -0.140. The van der Waals surface area contributed by atoms with Gasteiger partial charge < -0.3 is 10.1 Å². The summed E-state index contributed by atoms with van der Waals surface area (Å²) in [6, 6.07) is 5.88. The van der Waals surface area contributed by atoms with Gasteiger partial charge >= 0.3 is 5.97 Å². The van der Waals surface area contributed by atoms with E-state index < -0.39 is 5.97 Å². The van der Waals surface area contributed by atoms with Gasteiger partial charge in [0.25, 0.3) is 0 Å². The fourth-order valence-corrected chi connectivity index (χ4v) is 2.53. The van der Waals surface area contributed by atoms with Crippen LogP contribution < -0.4 is 5.32 Å². The van der Waals surface area contributed by atoms with E-state index in [9.17, 15) is 9.59 Å². The van der Waals surface area contributed by atoms with Gasteiger partial charge in [0, 0.05) is 9.37 Å². The molecule has 1 aromatic carbocycles. The van der Waals surface area contributed by atoms with Crippen LogP contribution in [0.15, 0.2) is 27.6 Å². The lowest BCUT2D eigenvalue weighted by atomic mass is 10.2. The minimum atomic E-state index is -0.451. The number of esters is 1. The topological polar surface area (TPSA) is 55.4 Å². The standard InChI is InChI=1S/C12H14BrNO3S/c1-8-5-9(13)3-4-10(8)18-7-11(15)14-6-12(16)17-2/h3-5H,6-7H2,1-2H3,(H,14,15). The number of rotatable bonds is 5. The maximum Gasteiger partial charge on any atom is 0.325 e. The molecule has 0 fully saturated rings. The minimum absolute atomic E-state index is 0.0881. The van der Waals surface area contributed by atoms with Crippen molar-refractivity contribution in [1.29, 1.82) is 0 Å². The van der Waals surface area contributed by atoms with Crippen molar-refractivity contribution in [2.45, 2.75) is 11.8 Å². The summed E-state index contributed by atoms with van der Waals surface area (Å²) in [6.45, 7) is 1.90. The van der Waals surface area contributed by atoms with Crippen LogP contribution in [0, 0.1) is 6.92 Å². The van der Waals surface area contributed by atoms with Crippen molar-refractivity contribution in [3.05, 3.63) is 28.2 Å². The van der Waals surface area contributed by atoms with E-state index in [0.717, 1.165) is 14.9 Å². The van der Waals surface area contributed by atoms with Crippen molar-refractivity contribution in [2.75, 3.05) is 19.4 Å². The zero-order valence-corrected chi connectivity index (χ0v) is 12.6. The van der Waals surface area contributed by atoms with E-state index in [0.29, 0.717) is 0 Å². The highest BCUT2D eigenvalue weighted by molar-refractivity contribution is 9.10. The normalized spacial score (nSPS) is 9.94. The highest BCUT2D eigenvalue weighted by Crippen LogP contribution is 2.24. The second-order valence-electron chi connectivity index (χ2n) is 3.55. The predicted octanol–water partition coefficient (Wildman–Crippen LogP) is 2.14. The number of carbonyl (C=O) groups excluding carboxylic acids is 2. The first kappa shape index (κ1) is 15.0. The zero-order valence-electron chi connectivity index (χ0n) is 10.2. The summed E-state index contributed by atoms with van der Waals surface area (Å²) in [7, 11) is 1.29. The number of thioether (sulfide) groups is 1. The molecule has 1 aromatic rings. The molecule has 0 heterocycles. The maximum absolute atomic E-state index is 11.5. The summed E-state index contributed by atoms with van der Waals surface area (Å²) < 4.78 is 5.44. The van der Waals surface area contributed by atoms with Gasteiger partial charge in [0.05, 0.1) is 12.9 Å². The number of nitrogens with one attached hydrogen (secondary N) is 1. The lowest BCUT2D eigenvalue weighted by Gasteiger charge is -2.06. The van der Waals surface area contributed by atoms with Crippen LogP contribution in [0.25, 0.3) is 0 Å². The molecule has 0 spiro atoms. The number of ether oxygens (including phenoxy) is 1. The van der Waals surface area contributed by atoms with Gasteiger partial charge in [-0.3, -0.25) is 9.59 Å². The van der Waals surface area contributed by atoms with E-state index in [4.69, 9.17) is 0 Å². The molecule has 6 heteroatoms. The Morgan fingerprint density at radius 3 is 2.78 bits per heavy atom. The third kappa shape index (κ3) is 5.10. The Morgan fingerprint density at radius 2 is 2.17 bits per heavy atom. The number of aryl methyl sites for hydroxylation is 1. The first-order valence-electron chi connectivity index (χ1n) is 5.25. The summed E-state index contributed by atoms with van der Waals surface area (Å²) in [5.41, 5.74) is 1.11. The van der Waals surface area contributed by atoms with E-state index >= 15 is 0 Å². The van der Waals surface area contributed by atoms with Crippen molar-refractivity contribution in [3.63, 3.8) is 0 Å². The van der Waals surface area contributed by atoms with Crippen LogP contribution in [0.3, 0.4) is 0 Å². The largest absolute Gasteiger partial charge is 0.468 e. The molecule has 0 aliphatic carbocycles. The SMILES string of the molecule is COC(=O)CNC(=O)CSc1ccc(Br)cc1C. The molecular formula is C12H14BrNO3S. The smallest absolute Gasteiger partial charge is 0.325 e. The van der Waals surface area contributed by atoms with Gasteiger partial charge in [-0.15, -0.1) is 11.8 Å². The molecular weight excluding hydrogens is 318 g/mol. The molecule has 0 aliphatic heterocycles. The van der Waals surface area contributed by atoms with Gasteiger partial charge in [0.15, 0.2) is 0 Å². The van der Waals surface area contributed by atoms with Crippen molar-refractivity contribution >= 4 is 39.6 Å². The number of amides is 1. The molecule has 1 rings (SSSR count). The molecule has 98 valence electrons. The van der Waals surface area contributed by atoms with Gasteiger partial charge in [0.2, 0.25) is 5.91 Å². The molecule has 1 N–H and O–H groups in total. The molecule has 0 bridgehead atoms. The summed E-state index contributed by atoms with van der Waals surface area (Å²) in [5.74, 6) is -0.361. The molecule has 0 saturated heterocycles. The fourth-order valence-electron chi connectivity index (χ4n) is 1.21. The van der Waals surface area contributed by atoms with Crippen LogP contribution in [0.1, 0.15) is 5.56 Å². The Bertz CT molecular complexity index is 451. The summed E-state index contributed by atoms with van der Waals surface area (Å²) in [4.78, 5) is 23.3. The Hall–Kier alpha value is -1.01. The van der Waals surface area contributed by atoms with Crippen LogP contribution in [0.4, 0.5) is 0 Å². The van der Waals surface area contributed by atoms with Gasteiger partial charge in [-0.05, 0) is 30.7 Å². The molecule has 0 aliphatic rings. The van der Waals surface area contributed by atoms with E-state index in [1.807, 2.05) is 25.1 Å². The van der Waals surface area contributed by atoms with Gasteiger partial charge in [0.1, 0.15) is 6.54 Å². The Balaban J connectivity index is 2.40. The monoisotopic (exact) mass is 331 g/mol. The average molecular weight is 332 g/mol. The highest BCUT2D eigenvalue weighted by atomic mass is 79.9.